The fourth-order valence-corrected chi connectivity index (χ4v) is 5.58. The second-order valence-electron chi connectivity index (χ2n) is 11.3. The van der Waals surface area contributed by atoms with E-state index in [1.54, 1.807) is 35.2 Å². The molecule has 3 saturated heterocycles. The van der Waals surface area contributed by atoms with Gasteiger partial charge in [0.05, 0.1) is 31.8 Å². The van der Waals surface area contributed by atoms with Gasteiger partial charge < -0.3 is 29.7 Å². The van der Waals surface area contributed by atoms with Crippen molar-refractivity contribution >= 4 is 19.1 Å². The molecule has 1 aromatic carbocycles. The molecule has 3 aliphatic heterocycles. The van der Waals surface area contributed by atoms with Gasteiger partial charge in [-0.1, -0.05) is 30.3 Å². The van der Waals surface area contributed by atoms with Crippen molar-refractivity contribution in [1.29, 1.82) is 5.26 Å². The second kappa shape index (κ2) is 13.6. The SMILES string of the molecule is CC(C)(C=C(C#N)C(=O)N1CCC[C@H](OC(=O)N[C@H](CB(O)O)c2ccccc2)C1)N1CCN(C2COC2)CC1. The molecule has 1 aromatic rings. The molecule has 0 unspecified atom stereocenters. The predicted molar refractivity (Wildman–Crippen MR) is 149 cm³/mol. The number of piperidine rings is 1. The topological polar surface area (TPSA) is 139 Å². The lowest BCUT2D eigenvalue weighted by molar-refractivity contribution is -0.129. The molecule has 0 spiro atoms. The van der Waals surface area contributed by atoms with E-state index >= 15 is 0 Å². The van der Waals surface area contributed by atoms with E-state index in [0.717, 1.165) is 45.0 Å². The van der Waals surface area contributed by atoms with Gasteiger partial charge in [0, 0.05) is 44.6 Å². The van der Waals surface area contributed by atoms with E-state index in [2.05, 4.69) is 21.2 Å². The van der Waals surface area contributed by atoms with Gasteiger partial charge in [-0.2, -0.15) is 5.26 Å². The maximum Gasteiger partial charge on any atom is 0.453 e. The number of rotatable bonds is 9. The van der Waals surface area contributed by atoms with E-state index in [0.29, 0.717) is 25.4 Å². The molecule has 0 radical (unpaired) electrons. The Morgan fingerprint density at radius 1 is 1.20 bits per heavy atom. The van der Waals surface area contributed by atoms with Crippen LogP contribution in [0.2, 0.25) is 6.32 Å². The molecule has 3 N–H and O–H groups in total. The van der Waals surface area contributed by atoms with Crippen LogP contribution < -0.4 is 5.32 Å². The van der Waals surface area contributed by atoms with Gasteiger partial charge >= 0.3 is 13.2 Å². The van der Waals surface area contributed by atoms with Gasteiger partial charge in [-0.3, -0.25) is 14.6 Å². The molecule has 2 atom stereocenters. The van der Waals surface area contributed by atoms with Crippen LogP contribution in [-0.2, 0) is 14.3 Å². The van der Waals surface area contributed by atoms with E-state index in [1.807, 2.05) is 19.9 Å². The first-order valence-corrected chi connectivity index (χ1v) is 14.0. The first kappa shape index (κ1) is 30.0. The summed E-state index contributed by atoms with van der Waals surface area (Å²) in [4.78, 5) is 32.4. The highest BCUT2D eigenvalue weighted by atomic mass is 16.6. The summed E-state index contributed by atoms with van der Waals surface area (Å²) in [6.45, 7) is 9.84. The van der Waals surface area contributed by atoms with E-state index < -0.39 is 30.9 Å². The number of nitrogens with zero attached hydrogens (tertiary/aromatic N) is 4. The summed E-state index contributed by atoms with van der Waals surface area (Å²) in [5.41, 5.74) is 0.335. The van der Waals surface area contributed by atoms with Crippen LogP contribution in [0.25, 0.3) is 0 Å². The molecule has 3 heterocycles. The average molecular weight is 553 g/mol. The number of carbonyl (C=O) groups is 2. The van der Waals surface area contributed by atoms with Crippen molar-refractivity contribution in [3.8, 4) is 6.07 Å². The van der Waals surface area contributed by atoms with Crippen LogP contribution in [0.3, 0.4) is 0 Å². The molecule has 0 bridgehead atoms. The highest BCUT2D eigenvalue weighted by Gasteiger charge is 2.35. The van der Waals surface area contributed by atoms with E-state index in [-0.39, 0.29) is 24.3 Å². The summed E-state index contributed by atoms with van der Waals surface area (Å²) in [5, 5.41) is 31.6. The van der Waals surface area contributed by atoms with Crippen molar-refractivity contribution in [2.75, 3.05) is 52.5 Å². The van der Waals surface area contributed by atoms with Crippen molar-refractivity contribution < 1.29 is 29.1 Å². The van der Waals surface area contributed by atoms with Crippen molar-refractivity contribution in [2.45, 2.75) is 56.7 Å². The van der Waals surface area contributed by atoms with Crippen molar-refractivity contribution in [2.24, 2.45) is 0 Å². The highest BCUT2D eigenvalue weighted by molar-refractivity contribution is 6.41. The Labute approximate surface area is 236 Å². The fourth-order valence-electron chi connectivity index (χ4n) is 5.58. The Bertz CT molecular complexity index is 1080. The van der Waals surface area contributed by atoms with Crippen molar-refractivity contribution in [3.63, 3.8) is 0 Å². The molecule has 40 heavy (non-hydrogen) atoms. The number of hydrogen-bond acceptors (Lipinski definition) is 9. The molecular formula is C28H40BN5O6. The first-order chi connectivity index (χ1) is 19.2. The molecule has 0 saturated carbocycles. The zero-order valence-corrected chi connectivity index (χ0v) is 23.4. The second-order valence-corrected chi connectivity index (χ2v) is 11.3. The van der Waals surface area contributed by atoms with Gasteiger partial charge in [0.25, 0.3) is 5.91 Å². The minimum Gasteiger partial charge on any atom is -0.444 e. The number of alkyl carbamates (subject to hydrolysis) is 1. The minimum atomic E-state index is -1.60. The lowest BCUT2D eigenvalue weighted by atomic mass is 9.79. The lowest BCUT2D eigenvalue weighted by Crippen LogP contribution is -2.59. The Morgan fingerprint density at radius 2 is 1.90 bits per heavy atom. The molecule has 3 fully saturated rings. The van der Waals surface area contributed by atoms with Gasteiger partial charge in [-0.25, -0.2) is 4.79 Å². The number of nitriles is 1. The third kappa shape index (κ3) is 7.83. The van der Waals surface area contributed by atoms with E-state index in [4.69, 9.17) is 9.47 Å². The van der Waals surface area contributed by atoms with Gasteiger partial charge in [0.1, 0.15) is 17.7 Å². The maximum absolute atomic E-state index is 13.4. The number of benzene rings is 1. The zero-order chi connectivity index (χ0) is 28.7. The average Bonchev–Trinajstić information content (AvgIpc) is 2.91. The molecule has 11 nitrogen and oxygen atoms in total. The van der Waals surface area contributed by atoms with Crippen LogP contribution in [0.1, 0.15) is 38.3 Å². The number of piperazine rings is 1. The number of carbonyl (C=O) groups excluding carboxylic acids is 2. The highest BCUT2D eigenvalue weighted by Crippen LogP contribution is 2.24. The summed E-state index contributed by atoms with van der Waals surface area (Å²) in [6, 6.07) is 11.0. The molecule has 0 aromatic heterocycles. The smallest absolute Gasteiger partial charge is 0.444 e. The Morgan fingerprint density at radius 3 is 2.50 bits per heavy atom. The quantitative estimate of drug-likeness (QED) is 0.234. The first-order valence-electron chi connectivity index (χ1n) is 14.0. The molecular weight excluding hydrogens is 513 g/mol. The third-order valence-corrected chi connectivity index (χ3v) is 7.99. The van der Waals surface area contributed by atoms with Crippen LogP contribution in [0.15, 0.2) is 42.0 Å². The van der Waals surface area contributed by atoms with Crippen molar-refractivity contribution in [1.82, 2.24) is 20.0 Å². The number of ether oxygens (including phenoxy) is 2. The summed E-state index contributed by atoms with van der Waals surface area (Å²) in [6.07, 6.45) is 1.66. The molecule has 216 valence electrons. The Balaban J connectivity index is 1.33. The number of hydrogen-bond donors (Lipinski definition) is 3. The largest absolute Gasteiger partial charge is 0.453 e. The van der Waals surface area contributed by atoms with Crippen LogP contribution in [0.5, 0.6) is 0 Å². The summed E-state index contributed by atoms with van der Waals surface area (Å²) in [5.74, 6) is -0.361. The Kier molecular flexibility index (Phi) is 10.2. The summed E-state index contributed by atoms with van der Waals surface area (Å²) >= 11 is 0. The molecule has 2 amide bonds. The Hall–Kier alpha value is -2.95. The summed E-state index contributed by atoms with van der Waals surface area (Å²) in [7, 11) is -1.60. The van der Waals surface area contributed by atoms with Crippen LogP contribution >= 0.6 is 0 Å². The van der Waals surface area contributed by atoms with Crippen LogP contribution in [0.4, 0.5) is 4.79 Å². The number of nitrogens with one attached hydrogen (secondary N) is 1. The lowest BCUT2D eigenvalue weighted by Gasteiger charge is -2.46. The molecule has 12 heteroatoms. The third-order valence-electron chi connectivity index (χ3n) is 7.99. The van der Waals surface area contributed by atoms with Gasteiger partial charge in [-0.15, -0.1) is 0 Å². The van der Waals surface area contributed by atoms with Gasteiger partial charge in [0.2, 0.25) is 0 Å². The monoisotopic (exact) mass is 553 g/mol. The zero-order valence-electron chi connectivity index (χ0n) is 23.4. The predicted octanol–water partition coefficient (Wildman–Crippen LogP) is 1.16. The summed E-state index contributed by atoms with van der Waals surface area (Å²) < 4.78 is 10.9. The maximum atomic E-state index is 13.4. The fraction of sp³-hybridized carbons (Fsp3) is 0.607. The normalized spacial score (nSPS) is 22.1. The van der Waals surface area contributed by atoms with Crippen LogP contribution in [0, 0.1) is 11.3 Å². The van der Waals surface area contributed by atoms with Crippen molar-refractivity contribution in [3.05, 3.63) is 47.5 Å². The standard InChI is InChI=1S/C28H40BN5O6/c1-28(2,34-13-11-32(12-14-34)23-19-39-20-23)15-22(17-30)26(35)33-10-6-9-24(18-33)40-27(36)31-25(16-29(37)38)21-7-4-3-5-8-21/h3-5,7-8,15,23-25,37-38H,6,9-14,16,18-20H2,1-2H3,(H,31,36)/t24-,25+/m0/s1. The van der Waals surface area contributed by atoms with Gasteiger partial charge in [-0.05, 0) is 38.3 Å². The minimum absolute atomic E-state index is 0.0889. The molecule has 3 aliphatic rings. The van der Waals surface area contributed by atoms with E-state index in [1.165, 1.54) is 0 Å². The molecule has 4 rings (SSSR count). The van der Waals surface area contributed by atoms with Gasteiger partial charge in [0.15, 0.2) is 0 Å². The molecule has 0 aliphatic carbocycles. The van der Waals surface area contributed by atoms with E-state index in [9.17, 15) is 24.9 Å². The van der Waals surface area contributed by atoms with Crippen LogP contribution in [-0.4, -0.2) is 114 Å². The number of likely N-dealkylation sites (tertiary alicyclic amines) is 1. The number of amides is 2.